The van der Waals surface area contributed by atoms with E-state index in [1.54, 1.807) is 48.5 Å². The molecule has 5 nitrogen and oxygen atoms in total. The molecule has 0 fully saturated rings. The Bertz CT molecular complexity index is 1210. The predicted octanol–water partition coefficient (Wildman–Crippen LogP) is 5.75. The number of imide groups is 1. The van der Waals surface area contributed by atoms with Crippen molar-refractivity contribution in [3.63, 3.8) is 0 Å². The van der Waals surface area contributed by atoms with Crippen LogP contribution in [0.25, 0.3) is 5.57 Å². The fourth-order valence-electron chi connectivity index (χ4n) is 3.64. The first-order chi connectivity index (χ1) is 15.4. The van der Waals surface area contributed by atoms with Gasteiger partial charge in [0, 0.05) is 10.7 Å². The minimum Gasteiger partial charge on any atom is -0.494 e. The Morgan fingerprint density at radius 1 is 0.906 bits per heavy atom. The minimum absolute atomic E-state index is 0.239. The van der Waals surface area contributed by atoms with Crippen molar-refractivity contribution in [3.8, 4) is 5.75 Å². The summed E-state index contributed by atoms with van der Waals surface area (Å²) in [5.74, 6) is -0.108. The number of nitrogens with zero attached hydrogens (tertiary/aromatic N) is 1. The standard InChI is InChI=1S/C26H23ClN2O3/c1-4-32-21-14-8-18(9-15-21)23-24(28-22-7-5-6-16(2)17(22)3)26(31)29(25(23)30)20-12-10-19(27)11-13-20/h5-15,28H,4H2,1-3H3. The summed E-state index contributed by atoms with van der Waals surface area (Å²) in [6.07, 6.45) is 0. The molecule has 6 heteroatoms. The fourth-order valence-corrected chi connectivity index (χ4v) is 3.77. The molecule has 3 aromatic carbocycles. The van der Waals surface area contributed by atoms with Gasteiger partial charge in [-0.2, -0.15) is 0 Å². The average molecular weight is 447 g/mol. The van der Waals surface area contributed by atoms with E-state index in [0.29, 0.717) is 34.2 Å². The Morgan fingerprint density at radius 3 is 2.25 bits per heavy atom. The Labute approximate surface area is 192 Å². The van der Waals surface area contributed by atoms with Crippen LogP contribution in [0.5, 0.6) is 5.75 Å². The lowest BCUT2D eigenvalue weighted by molar-refractivity contribution is -0.120. The Balaban J connectivity index is 1.81. The summed E-state index contributed by atoms with van der Waals surface area (Å²) in [5, 5.41) is 3.77. The lowest BCUT2D eigenvalue weighted by Crippen LogP contribution is -2.32. The molecule has 0 aliphatic carbocycles. The van der Waals surface area contributed by atoms with Crippen LogP contribution in [0.3, 0.4) is 0 Å². The van der Waals surface area contributed by atoms with Crippen molar-refractivity contribution >= 4 is 40.4 Å². The van der Waals surface area contributed by atoms with E-state index in [-0.39, 0.29) is 5.70 Å². The molecule has 0 radical (unpaired) electrons. The van der Waals surface area contributed by atoms with Gasteiger partial charge >= 0.3 is 0 Å². The first kappa shape index (κ1) is 21.7. The van der Waals surface area contributed by atoms with Crippen molar-refractivity contribution in [1.82, 2.24) is 0 Å². The summed E-state index contributed by atoms with van der Waals surface area (Å²) in [5.41, 5.74) is 4.53. The molecule has 1 heterocycles. The SMILES string of the molecule is CCOc1ccc(C2=C(Nc3cccc(C)c3C)C(=O)N(c3ccc(Cl)cc3)C2=O)cc1. The Kier molecular flexibility index (Phi) is 6.01. The van der Waals surface area contributed by atoms with Gasteiger partial charge in [0.1, 0.15) is 11.4 Å². The van der Waals surface area contributed by atoms with Crippen LogP contribution in [-0.4, -0.2) is 18.4 Å². The molecule has 1 aliphatic rings. The first-order valence-corrected chi connectivity index (χ1v) is 10.7. The molecule has 0 unspecified atom stereocenters. The van der Waals surface area contributed by atoms with E-state index in [9.17, 15) is 9.59 Å². The molecular weight excluding hydrogens is 424 g/mol. The van der Waals surface area contributed by atoms with E-state index in [0.717, 1.165) is 16.8 Å². The molecule has 3 aromatic rings. The van der Waals surface area contributed by atoms with Crippen LogP contribution < -0.4 is 15.0 Å². The highest BCUT2D eigenvalue weighted by molar-refractivity contribution is 6.46. The topological polar surface area (TPSA) is 58.6 Å². The Morgan fingerprint density at radius 2 is 1.59 bits per heavy atom. The van der Waals surface area contributed by atoms with Crippen molar-refractivity contribution in [1.29, 1.82) is 0 Å². The zero-order chi connectivity index (χ0) is 22.8. The van der Waals surface area contributed by atoms with E-state index in [4.69, 9.17) is 16.3 Å². The number of benzene rings is 3. The van der Waals surface area contributed by atoms with Crippen molar-refractivity contribution in [3.05, 3.63) is 94.1 Å². The molecule has 0 bridgehead atoms. The van der Waals surface area contributed by atoms with Crippen LogP contribution in [0.15, 0.2) is 72.4 Å². The van der Waals surface area contributed by atoms with Crippen LogP contribution in [0.1, 0.15) is 23.6 Å². The molecule has 32 heavy (non-hydrogen) atoms. The number of carbonyl (C=O) groups excluding carboxylic acids is 2. The van der Waals surface area contributed by atoms with Gasteiger partial charge in [-0.05, 0) is 79.9 Å². The van der Waals surface area contributed by atoms with E-state index >= 15 is 0 Å². The number of halogens is 1. The molecule has 0 saturated carbocycles. The zero-order valence-corrected chi connectivity index (χ0v) is 18.9. The average Bonchev–Trinajstić information content (AvgIpc) is 3.02. The highest BCUT2D eigenvalue weighted by Gasteiger charge is 2.40. The molecule has 1 aliphatic heterocycles. The highest BCUT2D eigenvalue weighted by atomic mass is 35.5. The number of ether oxygens (including phenoxy) is 1. The maximum Gasteiger partial charge on any atom is 0.282 e. The highest BCUT2D eigenvalue weighted by Crippen LogP contribution is 2.35. The largest absolute Gasteiger partial charge is 0.494 e. The van der Waals surface area contributed by atoms with Crippen molar-refractivity contribution < 1.29 is 14.3 Å². The maximum atomic E-state index is 13.5. The molecule has 0 atom stereocenters. The molecule has 4 rings (SSSR count). The quantitative estimate of drug-likeness (QED) is 0.489. The second-order valence-electron chi connectivity index (χ2n) is 7.50. The number of hydrogen-bond donors (Lipinski definition) is 1. The number of amides is 2. The van der Waals surface area contributed by atoms with Crippen LogP contribution >= 0.6 is 11.6 Å². The van der Waals surface area contributed by atoms with E-state index in [2.05, 4.69) is 5.32 Å². The van der Waals surface area contributed by atoms with Crippen molar-refractivity contribution in [2.24, 2.45) is 0 Å². The van der Waals surface area contributed by atoms with E-state index in [1.165, 1.54) is 4.90 Å². The van der Waals surface area contributed by atoms with Crippen LogP contribution in [0.4, 0.5) is 11.4 Å². The van der Waals surface area contributed by atoms with E-state index < -0.39 is 11.8 Å². The maximum absolute atomic E-state index is 13.5. The first-order valence-electron chi connectivity index (χ1n) is 10.4. The molecule has 162 valence electrons. The van der Waals surface area contributed by atoms with Gasteiger partial charge in [-0.25, -0.2) is 4.90 Å². The van der Waals surface area contributed by atoms with Gasteiger partial charge in [0.05, 0.1) is 17.9 Å². The van der Waals surface area contributed by atoms with Gasteiger partial charge in [-0.1, -0.05) is 35.9 Å². The monoisotopic (exact) mass is 446 g/mol. The summed E-state index contributed by atoms with van der Waals surface area (Å²) in [4.78, 5) is 28.2. The summed E-state index contributed by atoms with van der Waals surface area (Å²) in [6.45, 7) is 6.44. The molecule has 2 amide bonds. The van der Waals surface area contributed by atoms with Gasteiger partial charge in [-0.3, -0.25) is 9.59 Å². The summed E-state index contributed by atoms with van der Waals surface area (Å²) >= 11 is 6.00. The summed E-state index contributed by atoms with van der Waals surface area (Å²) in [7, 11) is 0. The van der Waals surface area contributed by atoms with Crippen LogP contribution in [0.2, 0.25) is 5.02 Å². The number of hydrogen-bond acceptors (Lipinski definition) is 4. The van der Waals surface area contributed by atoms with Gasteiger partial charge in [0.25, 0.3) is 11.8 Å². The van der Waals surface area contributed by atoms with Gasteiger partial charge < -0.3 is 10.1 Å². The van der Waals surface area contributed by atoms with Gasteiger partial charge in [0.2, 0.25) is 0 Å². The third-order valence-corrected chi connectivity index (χ3v) is 5.74. The number of rotatable bonds is 6. The van der Waals surface area contributed by atoms with Crippen molar-refractivity contribution in [2.45, 2.75) is 20.8 Å². The molecule has 0 aromatic heterocycles. The number of nitrogens with one attached hydrogen (secondary N) is 1. The molecule has 1 N–H and O–H groups in total. The van der Waals surface area contributed by atoms with Crippen LogP contribution in [0, 0.1) is 13.8 Å². The summed E-state index contributed by atoms with van der Waals surface area (Å²) < 4.78 is 5.52. The second kappa shape index (κ2) is 8.89. The van der Waals surface area contributed by atoms with E-state index in [1.807, 2.05) is 39.0 Å². The fraction of sp³-hybridized carbons (Fsp3) is 0.154. The lowest BCUT2D eigenvalue weighted by atomic mass is 10.0. The molecule has 0 spiro atoms. The number of anilines is 2. The summed E-state index contributed by atoms with van der Waals surface area (Å²) in [6, 6.07) is 19.6. The molecular formula is C26H23ClN2O3. The van der Waals surface area contributed by atoms with Crippen molar-refractivity contribution in [2.75, 3.05) is 16.8 Å². The third-order valence-electron chi connectivity index (χ3n) is 5.49. The zero-order valence-electron chi connectivity index (χ0n) is 18.1. The minimum atomic E-state index is -0.415. The lowest BCUT2D eigenvalue weighted by Gasteiger charge is -2.16. The Hall–Kier alpha value is -3.57. The van der Waals surface area contributed by atoms with Gasteiger partial charge in [-0.15, -0.1) is 0 Å². The van der Waals surface area contributed by atoms with Gasteiger partial charge in [0.15, 0.2) is 0 Å². The normalized spacial score (nSPS) is 13.7. The smallest absolute Gasteiger partial charge is 0.282 e. The predicted molar refractivity (Wildman–Crippen MR) is 128 cm³/mol. The third kappa shape index (κ3) is 3.99. The second-order valence-corrected chi connectivity index (χ2v) is 7.94. The van der Waals surface area contributed by atoms with Crippen LogP contribution in [-0.2, 0) is 9.59 Å². The molecule has 0 saturated heterocycles. The number of carbonyl (C=O) groups is 2. The number of aryl methyl sites for hydroxylation is 1.